The SMILES string of the molecule is Cc1cc(N)ccc1Oc1ccc(C(F)(C(F)F)C(F)(F)F)cc1. The summed E-state index contributed by atoms with van der Waals surface area (Å²) in [6.45, 7) is 1.70. The van der Waals surface area contributed by atoms with Gasteiger partial charge in [0.25, 0.3) is 12.1 Å². The van der Waals surface area contributed by atoms with Gasteiger partial charge >= 0.3 is 6.18 Å². The van der Waals surface area contributed by atoms with Gasteiger partial charge in [0.15, 0.2) is 0 Å². The first-order valence-corrected chi connectivity index (χ1v) is 6.74. The summed E-state index contributed by atoms with van der Waals surface area (Å²) in [7, 11) is 0. The molecule has 0 spiro atoms. The van der Waals surface area contributed by atoms with E-state index in [2.05, 4.69) is 0 Å². The Labute approximate surface area is 133 Å². The lowest BCUT2D eigenvalue weighted by Gasteiger charge is -2.27. The largest absolute Gasteiger partial charge is 0.457 e. The Balaban J connectivity index is 2.30. The lowest BCUT2D eigenvalue weighted by atomic mass is 9.95. The van der Waals surface area contributed by atoms with Gasteiger partial charge in [-0.15, -0.1) is 0 Å². The Morgan fingerprint density at radius 1 is 0.958 bits per heavy atom. The molecule has 0 fully saturated rings. The van der Waals surface area contributed by atoms with Crippen LogP contribution in [-0.4, -0.2) is 12.6 Å². The van der Waals surface area contributed by atoms with Crippen molar-refractivity contribution in [1.29, 1.82) is 0 Å². The highest BCUT2D eigenvalue weighted by Crippen LogP contribution is 2.47. The Morgan fingerprint density at radius 3 is 2.00 bits per heavy atom. The van der Waals surface area contributed by atoms with Gasteiger partial charge < -0.3 is 10.5 Å². The molecule has 1 atom stereocenters. The van der Waals surface area contributed by atoms with Crippen LogP contribution >= 0.6 is 0 Å². The minimum Gasteiger partial charge on any atom is -0.457 e. The topological polar surface area (TPSA) is 35.2 Å². The normalized spacial score (nSPS) is 14.5. The maximum absolute atomic E-state index is 13.9. The zero-order valence-corrected chi connectivity index (χ0v) is 12.4. The molecule has 0 saturated carbocycles. The molecule has 130 valence electrons. The summed E-state index contributed by atoms with van der Waals surface area (Å²) < 4.78 is 82.7. The number of hydrogen-bond acceptors (Lipinski definition) is 2. The number of hydrogen-bond donors (Lipinski definition) is 1. The molecular weight excluding hydrogens is 336 g/mol. The van der Waals surface area contributed by atoms with E-state index in [0.717, 1.165) is 12.1 Å². The summed E-state index contributed by atoms with van der Waals surface area (Å²) in [4.78, 5) is 0. The number of halogens is 6. The molecule has 0 heterocycles. The lowest BCUT2D eigenvalue weighted by Crippen LogP contribution is -2.44. The van der Waals surface area contributed by atoms with Crippen molar-refractivity contribution < 1.29 is 31.1 Å². The predicted molar refractivity (Wildman–Crippen MR) is 77.0 cm³/mol. The molecule has 0 bridgehead atoms. The Bertz CT molecular complexity index is 713. The molecule has 2 aromatic carbocycles. The van der Waals surface area contributed by atoms with Crippen LogP contribution in [0.2, 0.25) is 0 Å². The van der Waals surface area contributed by atoms with Gasteiger partial charge in [-0.2, -0.15) is 13.2 Å². The van der Waals surface area contributed by atoms with Crippen molar-refractivity contribution in [2.45, 2.75) is 25.2 Å². The minimum absolute atomic E-state index is 0.0745. The van der Waals surface area contributed by atoms with E-state index in [1.54, 1.807) is 25.1 Å². The second-order valence-electron chi connectivity index (χ2n) is 5.16. The summed E-state index contributed by atoms with van der Waals surface area (Å²) in [5.74, 6) is 0.457. The van der Waals surface area contributed by atoms with Crippen molar-refractivity contribution in [2.24, 2.45) is 0 Å². The third-order valence-electron chi connectivity index (χ3n) is 3.41. The van der Waals surface area contributed by atoms with E-state index >= 15 is 0 Å². The van der Waals surface area contributed by atoms with Crippen LogP contribution in [0.1, 0.15) is 11.1 Å². The van der Waals surface area contributed by atoms with Crippen LogP contribution in [0.25, 0.3) is 0 Å². The zero-order chi connectivity index (χ0) is 18.1. The van der Waals surface area contributed by atoms with E-state index < -0.39 is 23.8 Å². The third-order valence-corrected chi connectivity index (χ3v) is 3.41. The maximum Gasteiger partial charge on any atom is 0.432 e. The Morgan fingerprint density at radius 2 is 1.54 bits per heavy atom. The molecule has 1 unspecified atom stereocenters. The van der Waals surface area contributed by atoms with Crippen molar-refractivity contribution in [3.05, 3.63) is 53.6 Å². The number of nitrogen functional groups attached to an aromatic ring is 1. The fraction of sp³-hybridized carbons (Fsp3) is 0.250. The number of anilines is 1. The van der Waals surface area contributed by atoms with Crippen molar-refractivity contribution in [3.63, 3.8) is 0 Å². The molecule has 2 nitrogen and oxygen atoms in total. The highest BCUT2D eigenvalue weighted by molar-refractivity contribution is 5.48. The molecule has 2 N–H and O–H groups in total. The average Bonchev–Trinajstić information content (AvgIpc) is 2.48. The Kier molecular flexibility index (Phi) is 4.68. The van der Waals surface area contributed by atoms with E-state index in [-0.39, 0.29) is 5.75 Å². The molecule has 0 aromatic heterocycles. The smallest absolute Gasteiger partial charge is 0.432 e. The number of nitrogens with two attached hydrogens (primary N) is 1. The fourth-order valence-electron chi connectivity index (χ4n) is 2.09. The second-order valence-corrected chi connectivity index (χ2v) is 5.16. The first-order valence-electron chi connectivity index (χ1n) is 6.74. The molecule has 0 aliphatic rings. The van der Waals surface area contributed by atoms with Crippen LogP contribution in [-0.2, 0) is 5.67 Å². The van der Waals surface area contributed by atoms with Gasteiger partial charge in [-0.1, -0.05) is 12.1 Å². The minimum atomic E-state index is -5.74. The van der Waals surface area contributed by atoms with Crippen LogP contribution in [0.15, 0.2) is 42.5 Å². The molecule has 0 radical (unpaired) electrons. The van der Waals surface area contributed by atoms with Crippen LogP contribution in [0.4, 0.5) is 32.0 Å². The fourth-order valence-corrected chi connectivity index (χ4v) is 2.09. The van der Waals surface area contributed by atoms with E-state index in [0.29, 0.717) is 29.1 Å². The number of aryl methyl sites for hydroxylation is 1. The maximum atomic E-state index is 13.9. The molecule has 2 aromatic rings. The summed E-state index contributed by atoms with van der Waals surface area (Å²) >= 11 is 0. The third kappa shape index (κ3) is 3.27. The predicted octanol–water partition coefficient (Wildman–Crippen LogP) is 5.36. The monoisotopic (exact) mass is 349 g/mol. The molecule has 0 saturated heterocycles. The molecule has 24 heavy (non-hydrogen) atoms. The molecular formula is C16H13F6NO. The van der Waals surface area contributed by atoms with Gasteiger partial charge in [-0.25, -0.2) is 13.2 Å². The number of rotatable bonds is 4. The summed E-state index contributed by atoms with van der Waals surface area (Å²) in [6.07, 6.45) is -9.99. The molecule has 2 rings (SSSR count). The average molecular weight is 349 g/mol. The van der Waals surface area contributed by atoms with Gasteiger partial charge in [-0.05, 0) is 42.8 Å². The number of alkyl halides is 6. The van der Waals surface area contributed by atoms with Crippen molar-refractivity contribution in [2.75, 3.05) is 5.73 Å². The van der Waals surface area contributed by atoms with Crippen LogP contribution in [0.5, 0.6) is 11.5 Å². The van der Waals surface area contributed by atoms with Crippen molar-refractivity contribution >= 4 is 5.69 Å². The summed E-state index contributed by atoms with van der Waals surface area (Å²) in [5, 5.41) is 0. The Hall–Kier alpha value is -2.38. The first-order chi connectivity index (χ1) is 11.1. The van der Waals surface area contributed by atoms with E-state index in [9.17, 15) is 26.3 Å². The van der Waals surface area contributed by atoms with Crippen LogP contribution < -0.4 is 10.5 Å². The van der Waals surface area contributed by atoms with E-state index in [1.165, 1.54) is 0 Å². The first kappa shape index (κ1) is 18.0. The quantitative estimate of drug-likeness (QED) is 0.596. The summed E-state index contributed by atoms with van der Waals surface area (Å²) in [6, 6.07) is 7.97. The van der Waals surface area contributed by atoms with Crippen LogP contribution in [0.3, 0.4) is 0 Å². The molecule has 0 aliphatic heterocycles. The van der Waals surface area contributed by atoms with E-state index in [4.69, 9.17) is 10.5 Å². The zero-order valence-electron chi connectivity index (χ0n) is 12.4. The van der Waals surface area contributed by atoms with Gasteiger partial charge in [0.2, 0.25) is 0 Å². The second kappa shape index (κ2) is 6.26. The van der Waals surface area contributed by atoms with Crippen LogP contribution in [0, 0.1) is 6.92 Å². The van der Waals surface area contributed by atoms with Crippen molar-refractivity contribution in [3.8, 4) is 11.5 Å². The highest BCUT2D eigenvalue weighted by atomic mass is 19.4. The van der Waals surface area contributed by atoms with Gasteiger partial charge in [0.05, 0.1) is 0 Å². The van der Waals surface area contributed by atoms with Gasteiger partial charge in [0.1, 0.15) is 11.5 Å². The lowest BCUT2D eigenvalue weighted by molar-refractivity contribution is -0.274. The molecule has 0 aliphatic carbocycles. The molecule has 0 amide bonds. The number of benzene rings is 2. The van der Waals surface area contributed by atoms with Crippen molar-refractivity contribution in [1.82, 2.24) is 0 Å². The van der Waals surface area contributed by atoms with E-state index in [1.807, 2.05) is 0 Å². The van der Waals surface area contributed by atoms with Gasteiger partial charge in [0, 0.05) is 11.3 Å². The standard InChI is InChI=1S/C16H13F6NO/c1-9-8-11(23)4-7-13(9)24-12-5-2-10(3-6-12)15(19,14(17)18)16(20,21)22/h2-8,14H,23H2,1H3. The number of ether oxygens (including phenoxy) is 1. The summed E-state index contributed by atoms with van der Waals surface area (Å²) in [5.41, 5.74) is 0.829. The molecule has 8 heteroatoms. The van der Waals surface area contributed by atoms with Gasteiger partial charge in [-0.3, -0.25) is 0 Å². The highest BCUT2D eigenvalue weighted by Gasteiger charge is 2.63.